The summed E-state index contributed by atoms with van der Waals surface area (Å²) in [5.74, 6) is -0.00868. The lowest BCUT2D eigenvalue weighted by molar-refractivity contribution is -0.0521. The first-order valence-corrected chi connectivity index (χ1v) is 10.4. The van der Waals surface area contributed by atoms with Gasteiger partial charge in [-0.15, -0.1) is 0 Å². The highest BCUT2D eigenvalue weighted by Crippen LogP contribution is 2.38. The van der Waals surface area contributed by atoms with Crippen LogP contribution in [0, 0.1) is 11.7 Å². The van der Waals surface area contributed by atoms with E-state index in [-0.39, 0.29) is 0 Å². The van der Waals surface area contributed by atoms with Gasteiger partial charge in [-0.05, 0) is 79.7 Å². The summed E-state index contributed by atoms with van der Waals surface area (Å²) in [4.78, 5) is 0. The summed E-state index contributed by atoms with van der Waals surface area (Å²) < 4.78 is 55.6. The number of benzene rings is 2. The first-order chi connectivity index (χ1) is 13.9. The molecule has 0 radical (unpaired) electrons. The van der Waals surface area contributed by atoms with Gasteiger partial charge in [0.15, 0.2) is 11.6 Å². The summed E-state index contributed by atoms with van der Waals surface area (Å²) in [6.45, 7) is -1.42. The van der Waals surface area contributed by atoms with Crippen LogP contribution in [0.3, 0.4) is 0 Å². The number of rotatable bonds is 8. The molecule has 1 aliphatic rings. The summed E-state index contributed by atoms with van der Waals surface area (Å²) in [7, 11) is 0. The van der Waals surface area contributed by atoms with E-state index in [2.05, 4.69) is 16.9 Å². The van der Waals surface area contributed by atoms with Crippen molar-refractivity contribution in [1.82, 2.24) is 0 Å². The van der Waals surface area contributed by atoms with Gasteiger partial charge in [-0.1, -0.05) is 43.2 Å². The van der Waals surface area contributed by atoms with Crippen molar-refractivity contribution in [2.24, 2.45) is 5.92 Å². The molecule has 2 aromatic carbocycles. The van der Waals surface area contributed by atoms with Crippen molar-refractivity contribution in [3.8, 4) is 16.9 Å². The molecule has 3 rings (SSSR count). The molecule has 1 nitrogen and oxygen atoms in total. The van der Waals surface area contributed by atoms with Crippen LogP contribution in [-0.2, 0) is 0 Å². The lowest BCUT2D eigenvalue weighted by Gasteiger charge is -2.29. The Bertz CT molecular complexity index is 765. The average Bonchev–Trinajstić information content (AvgIpc) is 2.70. The van der Waals surface area contributed by atoms with Crippen LogP contribution in [0.15, 0.2) is 42.5 Å². The van der Waals surface area contributed by atoms with Gasteiger partial charge in [0.25, 0.3) is 0 Å². The molecule has 0 amide bonds. The number of hydrogen-bond acceptors (Lipinski definition) is 1. The molecule has 0 heterocycles. The Morgan fingerprint density at radius 2 is 1.59 bits per heavy atom. The van der Waals surface area contributed by atoms with E-state index in [1.807, 2.05) is 12.1 Å². The fourth-order valence-electron chi connectivity index (χ4n) is 4.29. The Balaban J connectivity index is 1.56. The summed E-state index contributed by atoms with van der Waals surface area (Å²) in [5.41, 5.74) is 2.74. The highest BCUT2D eigenvalue weighted by molar-refractivity contribution is 5.64. The van der Waals surface area contributed by atoms with Crippen LogP contribution in [0.1, 0.15) is 63.4 Å². The molecule has 0 aliphatic heterocycles. The van der Waals surface area contributed by atoms with E-state index in [4.69, 9.17) is 0 Å². The van der Waals surface area contributed by atoms with Crippen molar-refractivity contribution in [3.63, 3.8) is 0 Å². The molecule has 0 spiro atoms. The quantitative estimate of drug-likeness (QED) is 0.403. The van der Waals surface area contributed by atoms with E-state index in [0.29, 0.717) is 23.8 Å². The Hall–Kier alpha value is -2.04. The van der Waals surface area contributed by atoms with E-state index in [1.165, 1.54) is 30.5 Å². The largest absolute Gasteiger partial charge is 0.432 e. The molecule has 0 saturated heterocycles. The Morgan fingerprint density at radius 1 is 0.931 bits per heavy atom. The van der Waals surface area contributed by atoms with Crippen LogP contribution in [-0.4, -0.2) is 12.8 Å². The summed E-state index contributed by atoms with van der Waals surface area (Å²) in [5, 5.41) is 0. The molecule has 1 saturated carbocycles. The van der Waals surface area contributed by atoms with Crippen LogP contribution in [0.4, 0.5) is 17.6 Å². The van der Waals surface area contributed by atoms with E-state index < -0.39 is 24.3 Å². The topological polar surface area (TPSA) is 9.23 Å². The van der Waals surface area contributed by atoms with E-state index in [1.54, 1.807) is 13.0 Å². The van der Waals surface area contributed by atoms with Gasteiger partial charge in [-0.25, -0.2) is 8.78 Å². The van der Waals surface area contributed by atoms with Crippen molar-refractivity contribution in [2.45, 2.75) is 70.6 Å². The Kier molecular flexibility index (Phi) is 7.57. The van der Waals surface area contributed by atoms with Crippen molar-refractivity contribution >= 4 is 0 Å². The summed E-state index contributed by atoms with van der Waals surface area (Å²) in [6, 6.07) is 12.1. The van der Waals surface area contributed by atoms with E-state index >= 15 is 0 Å². The second kappa shape index (κ2) is 10.1. The molecule has 1 aliphatic carbocycles. The van der Waals surface area contributed by atoms with Crippen LogP contribution in [0.25, 0.3) is 11.1 Å². The third-order valence-electron chi connectivity index (χ3n) is 5.92. The monoisotopic (exact) mass is 408 g/mol. The van der Waals surface area contributed by atoms with Gasteiger partial charge in [-0.3, -0.25) is 0 Å². The maximum absolute atomic E-state index is 14.0. The zero-order valence-electron chi connectivity index (χ0n) is 16.7. The zero-order valence-corrected chi connectivity index (χ0v) is 16.7. The molecule has 2 aromatic rings. The summed E-state index contributed by atoms with van der Waals surface area (Å²) in [6.07, 6.45) is 6.71. The molecule has 158 valence electrons. The third kappa shape index (κ3) is 6.22. The van der Waals surface area contributed by atoms with Crippen molar-refractivity contribution in [3.05, 3.63) is 53.8 Å². The normalized spacial score (nSPS) is 20.6. The van der Waals surface area contributed by atoms with Gasteiger partial charge >= 0.3 is 6.61 Å². The SMILES string of the molecule is CC(F)CCCC1CCC(c2ccc(-c3ccc(OC(F)F)c(F)c3)cc2)CC1. The van der Waals surface area contributed by atoms with Crippen LogP contribution < -0.4 is 4.74 Å². The fourth-order valence-corrected chi connectivity index (χ4v) is 4.29. The zero-order chi connectivity index (χ0) is 20.8. The van der Waals surface area contributed by atoms with Gasteiger partial charge < -0.3 is 4.74 Å². The molecule has 29 heavy (non-hydrogen) atoms. The average molecular weight is 408 g/mol. The molecular weight excluding hydrogens is 380 g/mol. The predicted molar refractivity (Wildman–Crippen MR) is 108 cm³/mol. The van der Waals surface area contributed by atoms with Crippen LogP contribution in [0.5, 0.6) is 5.75 Å². The third-order valence-corrected chi connectivity index (χ3v) is 5.92. The molecule has 1 fully saturated rings. The van der Waals surface area contributed by atoms with Gasteiger partial charge in [0, 0.05) is 0 Å². The molecule has 0 bridgehead atoms. The standard InChI is InChI=1S/C24H28F4O/c1-16(25)3-2-4-17-5-7-18(8-6-17)19-9-11-20(12-10-19)21-13-14-23(22(26)15-21)29-24(27)28/h9-18,24H,2-8H2,1H3. The molecule has 1 atom stereocenters. The lowest BCUT2D eigenvalue weighted by atomic mass is 9.77. The van der Waals surface area contributed by atoms with Gasteiger partial charge in [0.2, 0.25) is 0 Å². The van der Waals surface area contributed by atoms with Gasteiger partial charge in [-0.2, -0.15) is 8.78 Å². The minimum atomic E-state index is -3.04. The number of alkyl halides is 3. The lowest BCUT2D eigenvalue weighted by Crippen LogP contribution is -2.13. The highest BCUT2D eigenvalue weighted by Gasteiger charge is 2.22. The van der Waals surface area contributed by atoms with Gasteiger partial charge in [0.1, 0.15) is 0 Å². The first kappa shape index (κ1) is 21.7. The number of ether oxygens (including phenoxy) is 1. The number of hydrogen-bond donors (Lipinski definition) is 0. The van der Waals surface area contributed by atoms with Crippen molar-refractivity contribution in [1.29, 1.82) is 0 Å². The predicted octanol–water partition coefficient (Wildman–Crippen LogP) is 7.90. The molecule has 1 unspecified atom stereocenters. The Morgan fingerprint density at radius 3 is 2.17 bits per heavy atom. The fraction of sp³-hybridized carbons (Fsp3) is 0.500. The highest BCUT2D eigenvalue weighted by atomic mass is 19.3. The molecular formula is C24H28F4O. The summed E-state index contributed by atoms with van der Waals surface area (Å²) >= 11 is 0. The molecule has 5 heteroatoms. The second-order valence-corrected chi connectivity index (χ2v) is 8.08. The van der Waals surface area contributed by atoms with E-state index in [0.717, 1.165) is 31.2 Å². The first-order valence-electron chi connectivity index (χ1n) is 10.4. The smallest absolute Gasteiger partial charge is 0.387 e. The van der Waals surface area contributed by atoms with Gasteiger partial charge in [0.05, 0.1) is 6.17 Å². The van der Waals surface area contributed by atoms with Crippen LogP contribution >= 0.6 is 0 Å². The minimum absolute atomic E-state index is 0.446. The molecule has 0 aromatic heterocycles. The molecule has 0 N–H and O–H groups in total. The van der Waals surface area contributed by atoms with Crippen LogP contribution in [0.2, 0.25) is 0 Å². The second-order valence-electron chi connectivity index (χ2n) is 8.08. The maximum Gasteiger partial charge on any atom is 0.387 e. The van der Waals surface area contributed by atoms with Crippen molar-refractivity contribution < 1.29 is 22.3 Å². The number of halogens is 4. The maximum atomic E-state index is 14.0. The van der Waals surface area contributed by atoms with Crippen molar-refractivity contribution in [2.75, 3.05) is 0 Å². The van der Waals surface area contributed by atoms with E-state index in [9.17, 15) is 17.6 Å². The Labute approximate surface area is 170 Å². The minimum Gasteiger partial charge on any atom is -0.432 e.